The largest absolute Gasteiger partial charge is 0.431 e. The first-order chi connectivity index (χ1) is 9.10. The van der Waals surface area contributed by atoms with Gasteiger partial charge >= 0.3 is 0 Å². The second-order valence-corrected chi connectivity index (χ2v) is 5.16. The van der Waals surface area contributed by atoms with E-state index in [1.165, 1.54) is 11.8 Å². The van der Waals surface area contributed by atoms with Crippen molar-refractivity contribution in [2.24, 2.45) is 0 Å². The van der Waals surface area contributed by atoms with Crippen LogP contribution in [0.25, 0.3) is 11.1 Å². The summed E-state index contributed by atoms with van der Waals surface area (Å²) in [5.41, 5.74) is 9.68. The highest BCUT2D eigenvalue weighted by molar-refractivity contribution is 7.98. The first-order valence-electron chi connectivity index (χ1n) is 5.76. The smallest absolute Gasteiger partial charge is 0.264 e. The molecule has 0 aliphatic heterocycles. The van der Waals surface area contributed by atoms with E-state index in [-0.39, 0.29) is 0 Å². The molecule has 0 radical (unpaired) electrons. The highest BCUT2D eigenvalue weighted by Gasteiger charge is 2.10. The number of nitrogens with zero attached hydrogens (tertiary/aromatic N) is 3. The van der Waals surface area contributed by atoms with Crippen molar-refractivity contribution in [3.63, 3.8) is 0 Å². The van der Waals surface area contributed by atoms with E-state index in [1.54, 1.807) is 12.1 Å². The molecule has 2 aromatic heterocycles. The Labute approximate surface area is 114 Å². The van der Waals surface area contributed by atoms with E-state index in [4.69, 9.17) is 10.2 Å². The van der Waals surface area contributed by atoms with E-state index in [1.807, 2.05) is 26.0 Å². The summed E-state index contributed by atoms with van der Waals surface area (Å²) in [5.74, 6) is 0. The topological polar surface area (TPSA) is 77.8 Å². The minimum Gasteiger partial charge on any atom is -0.431 e. The molecule has 0 spiro atoms. The Morgan fingerprint density at radius 1 is 1.05 bits per heavy atom. The summed E-state index contributed by atoms with van der Waals surface area (Å²) >= 11 is 1.31. The molecular formula is C13H12N4OS. The summed E-state index contributed by atoms with van der Waals surface area (Å²) in [5, 5.41) is 1.16. The maximum Gasteiger partial charge on any atom is 0.264 e. The highest BCUT2D eigenvalue weighted by atomic mass is 32.2. The van der Waals surface area contributed by atoms with Gasteiger partial charge in [0.15, 0.2) is 10.7 Å². The van der Waals surface area contributed by atoms with Gasteiger partial charge in [-0.05, 0) is 38.1 Å². The number of nitrogens with two attached hydrogens (primary N) is 1. The fourth-order valence-corrected chi connectivity index (χ4v) is 2.60. The summed E-state index contributed by atoms with van der Waals surface area (Å²) in [6.45, 7) is 3.87. The standard InChI is InChI=1S/C13H12N4OS/c1-7-5-8(2)16-12(15-7)19-13-17-10-6-9(14)3-4-11(10)18-13/h3-6H,14H2,1-2H3. The molecule has 5 nitrogen and oxygen atoms in total. The molecule has 19 heavy (non-hydrogen) atoms. The van der Waals surface area contributed by atoms with Crippen LogP contribution in [0.1, 0.15) is 11.4 Å². The number of anilines is 1. The van der Waals surface area contributed by atoms with Crippen LogP contribution in [0.2, 0.25) is 0 Å². The number of hydrogen-bond acceptors (Lipinski definition) is 6. The number of benzene rings is 1. The summed E-state index contributed by atoms with van der Waals surface area (Å²) in [7, 11) is 0. The predicted octanol–water partition coefficient (Wildman–Crippen LogP) is 2.97. The first-order valence-corrected chi connectivity index (χ1v) is 6.58. The van der Waals surface area contributed by atoms with Gasteiger partial charge in [0.05, 0.1) is 0 Å². The van der Waals surface area contributed by atoms with Gasteiger partial charge in [0.1, 0.15) is 5.52 Å². The van der Waals surface area contributed by atoms with Gasteiger partial charge in [0.25, 0.3) is 5.22 Å². The molecular weight excluding hydrogens is 260 g/mol. The van der Waals surface area contributed by atoms with Crippen LogP contribution in [0, 0.1) is 13.8 Å². The summed E-state index contributed by atoms with van der Waals surface area (Å²) in [6, 6.07) is 7.31. The molecule has 1 aromatic carbocycles. The lowest BCUT2D eigenvalue weighted by Crippen LogP contribution is -1.92. The van der Waals surface area contributed by atoms with Crippen LogP contribution >= 0.6 is 11.8 Å². The number of fused-ring (bicyclic) bond motifs is 1. The Morgan fingerprint density at radius 2 is 1.79 bits per heavy atom. The Hall–Kier alpha value is -2.08. The van der Waals surface area contributed by atoms with Gasteiger partial charge in [-0.1, -0.05) is 0 Å². The SMILES string of the molecule is Cc1cc(C)nc(Sc2nc3cc(N)ccc3o2)n1. The summed E-state index contributed by atoms with van der Waals surface area (Å²) in [4.78, 5) is 13.1. The van der Waals surface area contributed by atoms with Gasteiger partial charge in [-0.15, -0.1) is 0 Å². The second kappa shape index (κ2) is 4.55. The average Bonchev–Trinajstić information content (AvgIpc) is 2.68. The molecule has 6 heteroatoms. The van der Waals surface area contributed by atoms with E-state index in [2.05, 4.69) is 15.0 Å². The number of oxazole rings is 1. The zero-order valence-corrected chi connectivity index (χ0v) is 11.4. The molecule has 0 unspecified atom stereocenters. The number of nitrogen functional groups attached to an aromatic ring is 1. The molecule has 0 aliphatic rings. The number of hydrogen-bond donors (Lipinski definition) is 1. The van der Waals surface area contributed by atoms with Crippen molar-refractivity contribution in [3.8, 4) is 0 Å². The van der Waals surface area contributed by atoms with Crippen molar-refractivity contribution in [3.05, 3.63) is 35.7 Å². The zero-order chi connectivity index (χ0) is 13.4. The Kier molecular flexibility index (Phi) is 2.87. The molecule has 3 aromatic rings. The fraction of sp³-hybridized carbons (Fsp3) is 0.154. The zero-order valence-electron chi connectivity index (χ0n) is 10.5. The maximum atomic E-state index is 5.71. The van der Waals surface area contributed by atoms with E-state index in [9.17, 15) is 0 Å². The molecule has 96 valence electrons. The lowest BCUT2D eigenvalue weighted by atomic mass is 10.3. The van der Waals surface area contributed by atoms with E-state index in [0.29, 0.717) is 21.6 Å². The lowest BCUT2D eigenvalue weighted by Gasteiger charge is -1.99. The lowest BCUT2D eigenvalue weighted by molar-refractivity contribution is 0.488. The van der Waals surface area contributed by atoms with Crippen LogP contribution in [0.5, 0.6) is 0 Å². The number of aromatic nitrogens is 3. The van der Waals surface area contributed by atoms with Gasteiger partial charge in [-0.3, -0.25) is 0 Å². The van der Waals surface area contributed by atoms with Crippen molar-refractivity contribution in [1.82, 2.24) is 15.0 Å². The van der Waals surface area contributed by atoms with Crippen LogP contribution in [0.15, 0.2) is 39.1 Å². The van der Waals surface area contributed by atoms with Crippen molar-refractivity contribution in [2.45, 2.75) is 24.2 Å². The van der Waals surface area contributed by atoms with E-state index >= 15 is 0 Å². The number of aryl methyl sites for hydroxylation is 2. The number of rotatable bonds is 2. The predicted molar refractivity (Wildman–Crippen MR) is 74.1 cm³/mol. The summed E-state index contributed by atoms with van der Waals surface area (Å²) < 4.78 is 5.62. The van der Waals surface area contributed by atoms with Gasteiger partial charge in [-0.2, -0.15) is 0 Å². The molecule has 0 saturated carbocycles. The maximum absolute atomic E-state index is 5.71. The Balaban J connectivity index is 1.96. The first kappa shape index (κ1) is 12.0. The highest BCUT2D eigenvalue weighted by Crippen LogP contribution is 2.28. The molecule has 0 fully saturated rings. The van der Waals surface area contributed by atoms with E-state index in [0.717, 1.165) is 16.9 Å². The Bertz CT molecular complexity index is 733. The Morgan fingerprint density at radius 3 is 2.53 bits per heavy atom. The van der Waals surface area contributed by atoms with Crippen LogP contribution < -0.4 is 5.73 Å². The van der Waals surface area contributed by atoms with Gasteiger partial charge < -0.3 is 10.2 Å². The minimum absolute atomic E-state index is 0.519. The van der Waals surface area contributed by atoms with Gasteiger partial charge in [0, 0.05) is 28.8 Å². The minimum atomic E-state index is 0.519. The van der Waals surface area contributed by atoms with Crippen LogP contribution in [-0.4, -0.2) is 15.0 Å². The third kappa shape index (κ3) is 2.53. The van der Waals surface area contributed by atoms with Gasteiger partial charge in [0.2, 0.25) is 0 Å². The third-order valence-corrected chi connectivity index (χ3v) is 3.25. The fourth-order valence-electron chi connectivity index (χ4n) is 1.78. The molecule has 2 N–H and O–H groups in total. The molecule has 2 heterocycles. The molecule has 0 atom stereocenters. The van der Waals surface area contributed by atoms with Crippen LogP contribution in [0.3, 0.4) is 0 Å². The van der Waals surface area contributed by atoms with Crippen molar-refractivity contribution in [1.29, 1.82) is 0 Å². The van der Waals surface area contributed by atoms with Crippen LogP contribution in [0.4, 0.5) is 5.69 Å². The third-order valence-electron chi connectivity index (χ3n) is 2.53. The normalized spacial score (nSPS) is 11.1. The van der Waals surface area contributed by atoms with Gasteiger partial charge in [-0.25, -0.2) is 15.0 Å². The molecule has 0 saturated heterocycles. The van der Waals surface area contributed by atoms with Crippen molar-refractivity contribution in [2.75, 3.05) is 5.73 Å². The molecule has 0 amide bonds. The molecule has 0 bridgehead atoms. The second-order valence-electron chi connectivity index (χ2n) is 4.24. The van der Waals surface area contributed by atoms with Crippen molar-refractivity contribution >= 4 is 28.5 Å². The molecule has 0 aliphatic carbocycles. The van der Waals surface area contributed by atoms with Crippen molar-refractivity contribution < 1.29 is 4.42 Å². The monoisotopic (exact) mass is 272 g/mol. The van der Waals surface area contributed by atoms with Crippen LogP contribution in [-0.2, 0) is 0 Å². The van der Waals surface area contributed by atoms with E-state index < -0.39 is 0 Å². The quantitative estimate of drug-likeness (QED) is 0.571. The average molecular weight is 272 g/mol. The molecule has 3 rings (SSSR count). The summed E-state index contributed by atoms with van der Waals surface area (Å²) in [6.07, 6.45) is 0.